The van der Waals surface area contributed by atoms with Gasteiger partial charge in [-0.1, -0.05) is 29.8 Å². The van der Waals surface area contributed by atoms with Crippen molar-refractivity contribution in [2.24, 2.45) is 0 Å². The summed E-state index contributed by atoms with van der Waals surface area (Å²) < 4.78 is 5.43. The molecule has 38 heavy (non-hydrogen) atoms. The van der Waals surface area contributed by atoms with E-state index in [1.807, 2.05) is 37.8 Å². The molecule has 3 amide bonds. The minimum Gasteiger partial charge on any atom is -0.379 e. The summed E-state index contributed by atoms with van der Waals surface area (Å²) in [6.07, 6.45) is 0. The number of piperazine rings is 1. The average Bonchev–Trinajstić information content (AvgIpc) is 2.91. The first-order valence-electron chi connectivity index (χ1n) is 13.5. The van der Waals surface area contributed by atoms with Gasteiger partial charge in [0.05, 0.1) is 18.9 Å². The molecule has 3 heterocycles. The molecule has 2 aliphatic heterocycles. The van der Waals surface area contributed by atoms with Crippen molar-refractivity contribution in [1.82, 2.24) is 30.2 Å². The van der Waals surface area contributed by atoms with E-state index in [-0.39, 0.29) is 24.0 Å². The largest absolute Gasteiger partial charge is 0.379 e. The lowest BCUT2D eigenvalue weighted by Crippen LogP contribution is -2.55. The number of morpholine rings is 1. The molecule has 0 radical (unpaired) electrons. The number of aryl methyl sites for hydroxylation is 1. The Balaban J connectivity index is 1.31. The number of carbonyl (C=O) groups is 2. The molecule has 0 spiro atoms. The quantitative estimate of drug-likeness (QED) is 0.595. The Hall–Kier alpha value is -3.24. The molecule has 0 unspecified atom stereocenters. The fourth-order valence-corrected chi connectivity index (χ4v) is 4.56. The summed E-state index contributed by atoms with van der Waals surface area (Å²) in [4.78, 5) is 34.1. The summed E-state index contributed by atoms with van der Waals surface area (Å²) in [7, 11) is 0. The summed E-state index contributed by atoms with van der Waals surface area (Å²) in [5.41, 5.74) is 2.71. The minimum atomic E-state index is -0.376. The topological polar surface area (TPSA) is 94.1 Å². The van der Waals surface area contributed by atoms with Crippen LogP contribution in [0.4, 0.5) is 10.6 Å². The van der Waals surface area contributed by atoms with Crippen LogP contribution >= 0.6 is 0 Å². The van der Waals surface area contributed by atoms with Crippen LogP contribution in [0.3, 0.4) is 0 Å². The first kappa shape index (κ1) is 27.8. The molecule has 1 N–H and O–H groups in total. The van der Waals surface area contributed by atoms with Crippen molar-refractivity contribution >= 4 is 17.8 Å². The smallest absolute Gasteiger partial charge is 0.318 e. The van der Waals surface area contributed by atoms with Gasteiger partial charge in [-0.2, -0.15) is 0 Å². The van der Waals surface area contributed by atoms with Crippen molar-refractivity contribution in [3.8, 4) is 11.3 Å². The lowest BCUT2D eigenvalue weighted by Gasteiger charge is -2.37. The van der Waals surface area contributed by atoms with Crippen molar-refractivity contribution in [2.45, 2.75) is 33.2 Å². The lowest BCUT2D eigenvalue weighted by molar-refractivity contribution is -0.132. The highest BCUT2D eigenvalue weighted by Gasteiger charge is 2.27. The number of nitrogens with zero attached hydrogens (tertiary/aromatic N) is 6. The highest BCUT2D eigenvalue weighted by Crippen LogP contribution is 2.20. The van der Waals surface area contributed by atoms with Gasteiger partial charge in [0.25, 0.3) is 0 Å². The Morgan fingerprint density at radius 2 is 1.63 bits per heavy atom. The van der Waals surface area contributed by atoms with E-state index >= 15 is 0 Å². The van der Waals surface area contributed by atoms with Crippen molar-refractivity contribution in [3.63, 3.8) is 0 Å². The molecule has 2 fully saturated rings. The highest BCUT2D eigenvalue weighted by molar-refractivity contribution is 5.84. The molecule has 0 saturated carbocycles. The third-order valence-electron chi connectivity index (χ3n) is 6.84. The van der Waals surface area contributed by atoms with Gasteiger partial charge in [-0.15, -0.1) is 10.2 Å². The van der Waals surface area contributed by atoms with E-state index in [9.17, 15) is 9.59 Å². The second-order valence-corrected chi connectivity index (χ2v) is 11.1. The van der Waals surface area contributed by atoms with Crippen LogP contribution in [0.1, 0.15) is 26.3 Å². The SMILES string of the molecule is Cc1ccc(-c2ccc(N3CCN(C(=O)CN(CCN4CCOCC4)C(=O)NC(C)(C)C)CC3)nn2)cc1. The number of anilines is 1. The predicted molar refractivity (Wildman–Crippen MR) is 148 cm³/mol. The summed E-state index contributed by atoms with van der Waals surface area (Å²) >= 11 is 0. The zero-order valence-electron chi connectivity index (χ0n) is 23.2. The Bertz CT molecular complexity index is 1060. The van der Waals surface area contributed by atoms with Gasteiger partial charge in [-0.3, -0.25) is 9.69 Å². The number of benzene rings is 1. The molecule has 10 nitrogen and oxygen atoms in total. The van der Waals surface area contributed by atoms with Crippen LogP contribution in [0.2, 0.25) is 0 Å². The van der Waals surface area contributed by atoms with Crippen LogP contribution in [0.15, 0.2) is 36.4 Å². The number of hydrogen-bond acceptors (Lipinski definition) is 7. The van der Waals surface area contributed by atoms with Crippen LogP contribution < -0.4 is 10.2 Å². The fourth-order valence-electron chi connectivity index (χ4n) is 4.56. The van der Waals surface area contributed by atoms with E-state index in [1.54, 1.807) is 4.90 Å². The van der Waals surface area contributed by atoms with Gasteiger partial charge >= 0.3 is 6.03 Å². The first-order valence-corrected chi connectivity index (χ1v) is 13.5. The maximum Gasteiger partial charge on any atom is 0.318 e. The number of rotatable bonds is 7. The van der Waals surface area contributed by atoms with Crippen LogP contribution in [-0.4, -0.2) is 114 Å². The summed E-state index contributed by atoms with van der Waals surface area (Å²) in [6, 6.07) is 12.0. The third kappa shape index (κ3) is 7.88. The Morgan fingerprint density at radius 1 is 0.947 bits per heavy atom. The fraction of sp³-hybridized carbons (Fsp3) is 0.571. The number of amides is 3. The second kappa shape index (κ2) is 12.5. The molecule has 10 heteroatoms. The average molecular weight is 524 g/mol. The van der Waals surface area contributed by atoms with Gasteiger partial charge in [-0.05, 0) is 39.8 Å². The highest BCUT2D eigenvalue weighted by atomic mass is 16.5. The molecule has 1 aromatic heterocycles. The normalized spacial score (nSPS) is 16.8. The molecule has 2 aromatic rings. The van der Waals surface area contributed by atoms with Gasteiger partial charge in [-0.25, -0.2) is 4.79 Å². The van der Waals surface area contributed by atoms with Gasteiger partial charge in [0.15, 0.2) is 5.82 Å². The summed E-state index contributed by atoms with van der Waals surface area (Å²) in [5, 5.41) is 11.9. The van der Waals surface area contributed by atoms with E-state index in [0.29, 0.717) is 45.9 Å². The molecular weight excluding hydrogens is 482 g/mol. The zero-order chi connectivity index (χ0) is 27.1. The Morgan fingerprint density at radius 3 is 2.24 bits per heavy atom. The molecule has 0 aliphatic carbocycles. The molecule has 1 aromatic carbocycles. The lowest BCUT2D eigenvalue weighted by atomic mass is 10.1. The molecule has 206 valence electrons. The van der Waals surface area contributed by atoms with Crippen LogP contribution in [0.5, 0.6) is 0 Å². The standard InChI is InChI=1S/C28H41N7O3/c1-22-5-7-23(8-6-22)24-9-10-25(31-30-24)33-13-15-34(16-14-33)26(36)21-35(27(37)29-28(2,3)4)12-11-32-17-19-38-20-18-32/h5-10H,11-21H2,1-4H3,(H,29,37). The number of urea groups is 1. The van der Waals surface area contributed by atoms with Crippen LogP contribution in [0.25, 0.3) is 11.3 Å². The summed E-state index contributed by atoms with van der Waals surface area (Å²) in [6.45, 7) is 14.8. The van der Waals surface area contributed by atoms with E-state index in [4.69, 9.17) is 4.74 Å². The van der Waals surface area contributed by atoms with Gasteiger partial charge < -0.3 is 24.8 Å². The van der Waals surface area contributed by atoms with Crippen LogP contribution in [0, 0.1) is 6.92 Å². The van der Waals surface area contributed by atoms with Crippen molar-refractivity contribution in [2.75, 3.05) is 77.0 Å². The molecule has 0 atom stereocenters. The van der Waals surface area contributed by atoms with Crippen molar-refractivity contribution in [3.05, 3.63) is 42.0 Å². The van der Waals surface area contributed by atoms with Gasteiger partial charge in [0.1, 0.15) is 6.54 Å². The zero-order valence-corrected chi connectivity index (χ0v) is 23.2. The second-order valence-electron chi connectivity index (χ2n) is 11.1. The molecule has 0 bridgehead atoms. The summed E-state index contributed by atoms with van der Waals surface area (Å²) in [5.74, 6) is 0.779. The molecular formula is C28H41N7O3. The first-order chi connectivity index (χ1) is 18.2. The number of carbonyl (C=O) groups excluding carboxylic acids is 2. The predicted octanol–water partition coefficient (Wildman–Crippen LogP) is 2.24. The van der Waals surface area contributed by atoms with Crippen molar-refractivity contribution in [1.29, 1.82) is 0 Å². The van der Waals surface area contributed by atoms with Gasteiger partial charge in [0, 0.05) is 63.5 Å². The van der Waals surface area contributed by atoms with E-state index < -0.39 is 0 Å². The minimum absolute atomic E-state index is 0.0310. The molecule has 2 aliphatic rings. The number of nitrogens with one attached hydrogen (secondary N) is 1. The third-order valence-corrected chi connectivity index (χ3v) is 6.84. The maximum absolute atomic E-state index is 13.2. The monoisotopic (exact) mass is 523 g/mol. The Kier molecular flexibility index (Phi) is 9.17. The molecule has 2 saturated heterocycles. The number of aromatic nitrogens is 2. The molecule has 4 rings (SSSR count). The van der Waals surface area contributed by atoms with E-state index in [0.717, 1.165) is 36.7 Å². The van der Waals surface area contributed by atoms with Crippen molar-refractivity contribution < 1.29 is 14.3 Å². The maximum atomic E-state index is 13.2. The van der Waals surface area contributed by atoms with E-state index in [2.05, 4.69) is 56.5 Å². The number of ether oxygens (including phenoxy) is 1. The van der Waals surface area contributed by atoms with Gasteiger partial charge in [0.2, 0.25) is 5.91 Å². The van der Waals surface area contributed by atoms with E-state index in [1.165, 1.54) is 5.56 Å². The number of hydrogen-bond donors (Lipinski definition) is 1. The van der Waals surface area contributed by atoms with Crippen LogP contribution in [-0.2, 0) is 9.53 Å². The Labute approximate surface area is 225 Å².